The molecule has 3 aromatic rings. The Balaban J connectivity index is 1.34. The van der Waals surface area contributed by atoms with Gasteiger partial charge in [0.05, 0.1) is 5.71 Å². The van der Waals surface area contributed by atoms with Crippen LogP contribution in [0.15, 0.2) is 90.0 Å². The van der Waals surface area contributed by atoms with Gasteiger partial charge >= 0.3 is 0 Å². The first-order valence-electron chi connectivity index (χ1n) is 10.0. The van der Waals surface area contributed by atoms with E-state index in [0.717, 1.165) is 38.4 Å². The second kappa shape index (κ2) is 8.85. The highest BCUT2D eigenvalue weighted by atomic mass is 15.5. The molecule has 0 atom stereocenters. The van der Waals surface area contributed by atoms with Gasteiger partial charge in [-0.25, -0.2) is 0 Å². The molecule has 3 nitrogen and oxygen atoms in total. The van der Waals surface area contributed by atoms with E-state index < -0.39 is 0 Å². The van der Waals surface area contributed by atoms with Crippen LogP contribution in [0.1, 0.15) is 18.1 Å². The van der Waals surface area contributed by atoms with Gasteiger partial charge in [0.2, 0.25) is 0 Å². The third-order valence-electron chi connectivity index (χ3n) is 5.30. The number of hydrazone groups is 1. The van der Waals surface area contributed by atoms with E-state index in [1.54, 1.807) is 0 Å². The van der Waals surface area contributed by atoms with Crippen LogP contribution in [0, 0.1) is 0 Å². The lowest BCUT2D eigenvalue weighted by Crippen LogP contribution is -2.43. The molecule has 0 spiro atoms. The Morgan fingerprint density at radius 3 is 1.93 bits per heavy atom. The highest BCUT2D eigenvalue weighted by Gasteiger charge is 2.16. The van der Waals surface area contributed by atoms with Crippen molar-refractivity contribution in [2.75, 3.05) is 26.2 Å². The van der Waals surface area contributed by atoms with Crippen LogP contribution in [0.5, 0.6) is 0 Å². The topological polar surface area (TPSA) is 18.8 Å². The first-order valence-corrected chi connectivity index (χ1v) is 10.0. The molecule has 1 aliphatic heterocycles. The smallest absolute Gasteiger partial charge is 0.0646 e. The van der Waals surface area contributed by atoms with Crippen LogP contribution >= 0.6 is 0 Å². The molecule has 142 valence electrons. The van der Waals surface area contributed by atoms with E-state index in [2.05, 4.69) is 95.7 Å². The fourth-order valence-electron chi connectivity index (χ4n) is 3.64. The Morgan fingerprint density at radius 2 is 1.29 bits per heavy atom. The number of benzene rings is 3. The second-order valence-corrected chi connectivity index (χ2v) is 7.34. The Morgan fingerprint density at radius 1 is 0.714 bits per heavy atom. The van der Waals surface area contributed by atoms with Gasteiger partial charge < -0.3 is 0 Å². The number of nitrogens with zero attached hydrogens (tertiary/aromatic N) is 3. The Bertz CT molecular complexity index is 894. The van der Waals surface area contributed by atoms with Gasteiger partial charge in [-0.1, -0.05) is 84.9 Å². The molecule has 1 saturated heterocycles. The highest BCUT2D eigenvalue weighted by Crippen LogP contribution is 2.19. The molecule has 1 fully saturated rings. The quantitative estimate of drug-likeness (QED) is 0.596. The lowest BCUT2D eigenvalue weighted by Gasteiger charge is -2.33. The van der Waals surface area contributed by atoms with Gasteiger partial charge in [0.25, 0.3) is 0 Å². The van der Waals surface area contributed by atoms with Gasteiger partial charge in [0.1, 0.15) is 0 Å². The van der Waals surface area contributed by atoms with Crippen molar-refractivity contribution in [2.24, 2.45) is 5.10 Å². The van der Waals surface area contributed by atoms with Crippen molar-refractivity contribution in [1.29, 1.82) is 0 Å². The monoisotopic (exact) mass is 369 g/mol. The summed E-state index contributed by atoms with van der Waals surface area (Å²) < 4.78 is 0. The molecule has 4 rings (SSSR count). The van der Waals surface area contributed by atoms with Gasteiger partial charge in [-0.15, -0.1) is 0 Å². The van der Waals surface area contributed by atoms with Crippen molar-refractivity contribution >= 4 is 5.71 Å². The summed E-state index contributed by atoms with van der Waals surface area (Å²) in [5.41, 5.74) is 6.14. The lowest BCUT2D eigenvalue weighted by molar-refractivity contribution is 0.130. The van der Waals surface area contributed by atoms with Gasteiger partial charge in [-0.2, -0.15) is 5.10 Å². The van der Waals surface area contributed by atoms with Crippen LogP contribution in [-0.4, -0.2) is 41.8 Å². The molecule has 0 aromatic heterocycles. The van der Waals surface area contributed by atoms with Crippen molar-refractivity contribution in [3.8, 4) is 11.1 Å². The molecule has 0 bridgehead atoms. The van der Waals surface area contributed by atoms with Crippen LogP contribution in [0.3, 0.4) is 0 Å². The maximum atomic E-state index is 4.87. The summed E-state index contributed by atoms with van der Waals surface area (Å²) in [7, 11) is 0. The van der Waals surface area contributed by atoms with E-state index in [-0.39, 0.29) is 0 Å². The van der Waals surface area contributed by atoms with E-state index >= 15 is 0 Å². The third-order valence-corrected chi connectivity index (χ3v) is 5.30. The van der Waals surface area contributed by atoms with Crippen LogP contribution < -0.4 is 0 Å². The second-order valence-electron chi connectivity index (χ2n) is 7.34. The molecular formula is C25H27N3. The highest BCUT2D eigenvalue weighted by molar-refractivity contribution is 5.98. The third kappa shape index (κ3) is 4.68. The Labute approximate surface area is 167 Å². The molecule has 28 heavy (non-hydrogen) atoms. The number of rotatable bonds is 5. The van der Waals surface area contributed by atoms with Gasteiger partial charge in [-0.3, -0.25) is 9.91 Å². The zero-order valence-electron chi connectivity index (χ0n) is 16.5. The molecule has 0 aliphatic carbocycles. The maximum absolute atomic E-state index is 4.87. The predicted octanol–water partition coefficient (Wildman–Crippen LogP) is 4.90. The SMILES string of the molecule is CC(=NN1CCN(Cc2ccccc2)CC1)c1ccc(-c2ccccc2)cc1. The van der Waals surface area contributed by atoms with Crippen LogP contribution in [-0.2, 0) is 6.54 Å². The molecule has 0 unspecified atom stereocenters. The van der Waals surface area contributed by atoms with Crippen LogP contribution in [0.25, 0.3) is 11.1 Å². The van der Waals surface area contributed by atoms with Gasteiger partial charge in [-0.05, 0) is 29.2 Å². The fraction of sp³-hybridized carbons (Fsp3) is 0.240. The molecular weight excluding hydrogens is 342 g/mol. The van der Waals surface area contributed by atoms with Crippen molar-refractivity contribution in [1.82, 2.24) is 9.91 Å². The van der Waals surface area contributed by atoms with Crippen LogP contribution in [0.4, 0.5) is 0 Å². The van der Waals surface area contributed by atoms with E-state index in [0.29, 0.717) is 0 Å². The molecule has 3 heteroatoms. The maximum Gasteiger partial charge on any atom is 0.0646 e. The molecule has 0 saturated carbocycles. The average molecular weight is 370 g/mol. The summed E-state index contributed by atoms with van der Waals surface area (Å²) >= 11 is 0. The fourth-order valence-corrected chi connectivity index (χ4v) is 3.64. The Kier molecular flexibility index (Phi) is 5.83. The predicted molar refractivity (Wildman–Crippen MR) is 117 cm³/mol. The minimum absolute atomic E-state index is 0.978. The van der Waals surface area contributed by atoms with Gasteiger partial charge in [0.15, 0.2) is 0 Å². The van der Waals surface area contributed by atoms with Crippen molar-refractivity contribution in [3.63, 3.8) is 0 Å². The summed E-state index contributed by atoms with van der Waals surface area (Å²) in [5, 5.41) is 7.08. The first kappa shape index (κ1) is 18.5. The molecule has 3 aromatic carbocycles. The van der Waals surface area contributed by atoms with Gasteiger partial charge in [0, 0.05) is 32.7 Å². The molecule has 1 heterocycles. The van der Waals surface area contributed by atoms with E-state index in [9.17, 15) is 0 Å². The van der Waals surface area contributed by atoms with Crippen molar-refractivity contribution in [2.45, 2.75) is 13.5 Å². The molecule has 1 aliphatic rings. The standard InChI is InChI=1S/C25H27N3/c1-21(23-12-14-25(15-13-23)24-10-6-3-7-11-24)26-28-18-16-27(17-19-28)20-22-8-4-2-5-9-22/h2-15H,16-20H2,1H3. The first-order chi connectivity index (χ1) is 13.8. The normalized spacial score (nSPS) is 15.6. The minimum atomic E-state index is 0.978. The number of piperazine rings is 1. The van der Waals surface area contributed by atoms with E-state index in [1.165, 1.54) is 22.3 Å². The average Bonchev–Trinajstić information content (AvgIpc) is 2.76. The van der Waals surface area contributed by atoms with Crippen molar-refractivity contribution in [3.05, 3.63) is 96.1 Å². The van der Waals surface area contributed by atoms with Crippen molar-refractivity contribution < 1.29 is 0 Å². The molecule has 0 amide bonds. The summed E-state index contributed by atoms with van der Waals surface area (Å²) in [6.07, 6.45) is 0. The zero-order valence-corrected chi connectivity index (χ0v) is 16.5. The summed E-state index contributed by atoms with van der Waals surface area (Å²) in [5.74, 6) is 0. The Hall–Kier alpha value is -2.91. The molecule has 0 radical (unpaired) electrons. The summed E-state index contributed by atoms with van der Waals surface area (Å²) in [4.78, 5) is 2.51. The lowest BCUT2D eigenvalue weighted by atomic mass is 10.0. The number of hydrogen-bond donors (Lipinski definition) is 0. The summed E-state index contributed by atoms with van der Waals surface area (Å²) in [6, 6.07) is 29.9. The van der Waals surface area contributed by atoms with E-state index in [1.807, 2.05) is 6.07 Å². The minimum Gasteiger partial charge on any atom is -0.295 e. The zero-order chi connectivity index (χ0) is 19.2. The van der Waals surface area contributed by atoms with E-state index in [4.69, 9.17) is 5.10 Å². The summed E-state index contributed by atoms with van der Waals surface area (Å²) in [6.45, 7) is 7.20. The number of hydrogen-bond acceptors (Lipinski definition) is 3. The molecule has 0 N–H and O–H groups in total. The van der Waals surface area contributed by atoms with Crippen LogP contribution in [0.2, 0.25) is 0 Å². The largest absolute Gasteiger partial charge is 0.295 e.